The summed E-state index contributed by atoms with van der Waals surface area (Å²) >= 11 is 0. The van der Waals surface area contributed by atoms with Crippen molar-refractivity contribution in [1.82, 2.24) is 4.90 Å². The minimum atomic E-state index is -4.60. The molecule has 0 aromatic heterocycles. The summed E-state index contributed by atoms with van der Waals surface area (Å²) in [6.45, 7) is 0.588. The molecule has 0 atom stereocenters. The molecule has 0 spiro atoms. The van der Waals surface area contributed by atoms with Gasteiger partial charge in [-0.25, -0.2) is 8.42 Å². The number of benzene rings is 3. The van der Waals surface area contributed by atoms with Crippen LogP contribution in [0.2, 0.25) is 0 Å². The number of halogens is 3. The molecule has 6 nitrogen and oxygen atoms in total. The SMILES string of the molecule is CN(CCOc1ccccc1)C(=O)c1ccc(S(=O)(=O)Nc2cccc(C(F)(F)F)c2)cc1. The number of alkyl halides is 3. The number of ether oxygens (including phenoxy) is 1. The molecule has 3 aromatic carbocycles. The number of carbonyl (C=O) groups is 1. The van der Waals surface area contributed by atoms with Crippen molar-refractivity contribution in [2.24, 2.45) is 0 Å². The summed E-state index contributed by atoms with van der Waals surface area (Å²) in [5.41, 5.74) is -0.929. The van der Waals surface area contributed by atoms with Gasteiger partial charge in [-0.1, -0.05) is 24.3 Å². The number of anilines is 1. The average Bonchev–Trinajstić information content (AvgIpc) is 2.78. The van der Waals surface area contributed by atoms with E-state index in [-0.39, 0.29) is 28.7 Å². The quantitative estimate of drug-likeness (QED) is 0.511. The maximum atomic E-state index is 12.9. The number of amides is 1. The van der Waals surface area contributed by atoms with Crippen LogP contribution in [-0.4, -0.2) is 39.4 Å². The van der Waals surface area contributed by atoms with Gasteiger partial charge in [-0.05, 0) is 54.6 Å². The lowest BCUT2D eigenvalue weighted by Crippen LogP contribution is -2.30. The largest absolute Gasteiger partial charge is 0.492 e. The van der Waals surface area contributed by atoms with Gasteiger partial charge < -0.3 is 9.64 Å². The van der Waals surface area contributed by atoms with E-state index in [0.29, 0.717) is 18.4 Å². The Balaban J connectivity index is 1.63. The monoisotopic (exact) mass is 478 g/mol. The molecule has 0 bridgehead atoms. The lowest BCUT2D eigenvalue weighted by Gasteiger charge is -2.18. The maximum Gasteiger partial charge on any atom is 0.416 e. The molecule has 0 aliphatic heterocycles. The van der Waals surface area contributed by atoms with Crippen LogP contribution in [0.15, 0.2) is 83.8 Å². The number of para-hydroxylation sites is 1. The van der Waals surface area contributed by atoms with Crippen molar-refractivity contribution in [2.45, 2.75) is 11.1 Å². The average molecular weight is 478 g/mol. The fraction of sp³-hybridized carbons (Fsp3) is 0.174. The number of nitrogens with zero attached hydrogens (tertiary/aromatic N) is 1. The lowest BCUT2D eigenvalue weighted by molar-refractivity contribution is -0.137. The number of hydrogen-bond acceptors (Lipinski definition) is 4. The molecule has 0 aliphatic carbocycles. The number of nitrogens with one attached hydrogen (secondary N) is 1. The molecule has 1 amide bonds. The zero-order valence-corrected chi connectivity index (χ0v) is 18.4. The van der Waals surface area contributed by atoms with Gasteiger partial charge in [-0.15, -0.1) is 0 Å². The van der Waals surface area contributed by atoms with Crippen molar-refractivity contribution >= 4 is 21.6 Å². The molecular weight excluding hydrogens is 457 g/mol. The molecule has 0 aliphatic rings. The highest BCUT2D eigenvalue weighted by molar-refractivity contribution is 7.92. The first kappa shape index (κ1) is 24.1. The number of sulfonamides is 1. The zero-order valence-electron chi connectivity index (χ0n) is 17.5. The molecule has 0 heterocycles. The van der Waals surface area contributed by atoms with E-state index in [1.807, 2.05) is 18.2 Å². The third-order valence-electron chi connectivity index (χ3n) is 4.64. The van der Waals surface area contributed by atoms with Gasteiger partial charge in [0, 0.05) is 18.3 Å². The van der Waals surface area contributed by atoms with Crippen LogP contribution in [0.3, 0.4) is 0 Å². The standard InChI is InChI=1S/C23H21F3N2O4S/c1-28(14-15-32-20-8-3-2-4-9-20)22(29)17-10-12-21(13-11-17)33(30,31)27-19-7-5-6-18(16-19)23(24,25)26/h2-13,16,27H,14-15H2,1H3. The highest BCUT2D eigenvalue weighted by atomic mass is 32.2. The van der Waals surface area contributed by atoms with Crippen LogP contribution in [0.4, 0.5) is 18.9 Å². The summed E-state index contributed by atoms with van der Waals surface area (Å²) in [5, 5.41) is 0. The number of hydrogen-bond donors (Lipinski definition) is 1. The van der Waals surface area contributed by atoms with Crippen LogP contribution in [0.1, 0.15) is 15.9 Å². The third kappa shape index (κ3) is 6.48. The first-order chi connectivity index (χ1) is 15.6. The zero-order chi connectivity index (χ0) is 24.1. The van der Waals surface area contributed by atoms with E-state index in [1.54, 1.807) is 19.2 Å². The van der Waals surface area contributed by atoms with Crippen molar-refractivity contribution in [1.29, 1.82) is 0 Å². The van der Waals surface area contributed by atoms with E-state index >= 15 is 0 Å². The first-order valence-electron chi connectivity index (χ1n) is 9.80. The maximum absolute atomic E-state index is 12.9. The van der Waals surface area contributed by atoms with Crippen LogP contribution in [0, 0.1) is 0 Å². The summed E-state index contributed by atoms with van der Waals surface area (Å²) in [4.78, 5) is 13.8. The highest BCUT2D eigenvalue weighted by Crippen LogP contribution is 2.31. The first-order valence-corrected chi connectivity index (χ1v) is 11.3. The summed E-state index contributed by atoms with van der Waals surface area (Å²) < 4.78 is 71.3. The molecule has 174 valence electrons. The van der Waals surface area contributed by atoms with Gasteiger partial charge in [0.15, 0.2) is 0 Å². The Kier molecular flexibility index (Phi) is 7.27. The minimum Gasteiger partial charge on any atom is -0.492 e. The van der Waals surface area contributed by atoms with Crippen LogP contribution in [0.25, 0.3) is 0 Å². The molecule has 0 saturated heterocycles. The highest BCUT2D eigenvalue weighted by Gasteiger charge is 2.30. The van der Waals surface area contributed by atoms with Gasteiger partial charge in [-0.2, -0.15) is 13.2 Å². The fourth-order valence-electron chi connectivity index (χ4n) is 2.89. The second kappa shape index (κ2) is 9.95. The normalized spacial score (nSPS) is 11.6. The Labute approximate surface area is 189 Å². The lowest BCUT2D eigenvalue weighted by atomic mass is 10.2. The number of carbonyl (C=O) groups excluding carboxylic acids is 1. The third-order valence-corrected chi connectivity index (χ3v) is 6.04. The van der Waals surface area contributed by atoms with Crippen LogP contribution in [-0.2, 0) is 16.2 Å². The molecule has 0 radical (unpaired) electrons. The molecule has 10 heteroatoms. The molecule has 1 N–H and O–H groups in total. The van der Waals surface area contributed by atoms with Crippen molar-refractivity contribution in [3.8, 4) is 5.75 Å². The van der Waals surface area contributed by atoms with Crippen molar-refractivity contribution < 1.29 is 31.1 Å². The van der Waals surface area contributed by atoms with E-state index < -0.39 is 21.8 Å². The van der Waals surface area contributed by atoms with Crippen LogP contribution >= 0.6 is 0 Å². The number of rotatable bonds is 8. The minimum absolute atomic E-state index is 0.188. The molecular formula is C23H21F3N2O4S. The van der Waals surface area contributed by atoms with E-state index in [4.69, 9.17) is 4.74 Å². The Hall–Kier alpha value is -3.53. The fourth-order valence-corrected chi connectivity index (χ4v) is 3.94. The van der Waals surface area contributed by atoms with Gasteiger partial charge in [-0.3, -0.25) is 9.52 Å². The smallest absolute Gasteiger partial charge is 0.416 e. The van der Waals surface area contributed by atoms with Gasteiger partial charge >= 0.3 is 6.18 Å². The van der Waals surface area contributed by atoms with E-state index in [1.165, 1.54) is 35.2 Å². The Morgan fingerprint density at radius 3 is 2.27 bits per heavy atom. The molecule has 0 fully saturated rings. The van der Waals surface area contributed by atoms with Crippen LogP contribution in [0.5, 0.6) is 5.75 Å². The Morgan fingerprint density at radius 2 is 1.64 bits per heavy atom. The second-order valence-electron chi connectivity index (χ2n) is 7.10. The Bertz CT molecular complexity index is 1200. The Morgan fingerprint density at radius 1 is 0.970 bits per heavy atom. The predicted molar refractivity (Wildman–Crippen MR) is 118 cm³/mol. The van der Waals surface area contributed by atoms with E-state index in [2.05, 4.69) is 4.72 Å². The molecule has 0 saturated carbocycles. The van der Waals surface area contributed by atoms with Gasteiger partial charge in [0.05, 0.1) is 17.0 Å². The topological polar surface area (TPSA) is 75.7 Å². The summed E-state index contributed by atoms with van der Waals surface area (Å²) in [7, 11) is -2.55. The van der Waals surface area contributed by atoms with E-state index in [9.17, 15) is 26.4 Å². The van der Waals surface area contributed by atoms with Gasteiger partial charge in [0.25, 0.3) is 15.9 Å². The van der Waals surface area contributed by atoms with Crippen LogP contribution < -0.4 is 9.46 Å². The van der Waals surface area contributed by atoms with Crippen molar-refractivity contribution in [3.05, 3.63) is 90.0 Å². The van der Waals surface area contributed by atoms with Gasteiger partial charge in [0.2, 0.25) is 0 Å². The summed E-state index contributed by atoms with van der Waals surface area (Å²) in [6, 6.07) is 18.1. The summed E-state index contributed by atoms with van der Waals surface area (Å²) in [5.74, 6) is 0.350. The molecule has 3 aromatic rings. The summed E-state index contributed by atoms with van der Waals surface area (Å²) in [6.07, 6.45) is -4.60. The van der Waals surface area contributed by atoms with Crippen molar-refractivity contribution in [3.63, 3.8) is 0 Å². The molecule has 3 rings (SSSR count). The van der Waals surface area contributed by atoms with Crippen molar-refractivity contribution in [2.75, 3.05) is 24.9 Å². The van der Waals surface area contributed by atoms with Gasteiger partial charge in [0.1, 0.15) is 12.4 Å². The van der Waals surface area contributed by atoms with E-state index in [0.717, 1.165) is 12.1 Å². The molecule has 0 unspecified atom stereocenters. The molecule has 33 heavy (non-hydrogen) atoms. The second-order valence-corrected chi connectivity index (χ2v) is 8.78. The predicted octanol–water partition coefficient (Wildman–Crippen LogP) is 4.66. The number of likely N-dealkylation sites (N-methyl/N-ethyl adjacent to an activating group) is 1.